The fourth-order valence-electron chi connectivity index (χ4n) is 2.78. The first kappa shape index (κ1) is 21.5. The molecule has 0 aromatic carbocycles. The third-order valence-corrected chi connectivity index (χ3v) is 4.17. The fraction of sp³-hybridized carbons (Fsp3) is 0.471. The lowest BCUT2D eigenvalue weighted by Gasteiger charge is -2.19. The quantitative estimate of drug-likeness (QED) is 0.806. The molecule has 0 atom stereocenters. The van der Waals surface area contributed by atoms with Crippen molar-refractivity contribution < 1.29 is 27.9 Å². The van der Waals surface area contributed by atoms with Crippen LogP contribution in [0.15, 0.2) is 30.9 Å². The third kappa shape index (κ3) is 6.12. The van der Waals surface area contributed by atoms with E-state index in [1.165, 1.54) is 5.69 Å². The molecule has 3 rings (SSSR count). The molecule has 0 spiro atoms. The molecule has 1 aliphatic rings. The van der Waals surface area contributed by atoms with Gasteiger partial charge in [-0.1, -0.05) is 0 Å². The van der Waals surface area contributed by atoms with Crippen molar-refractivity contribution in [1.82, 2.24) is 24.3 Å². The van der Waals surface area contributed by atoms with Gasteiger partial charge in [0, 0.05) is 39.1 Å². The van der Waals surface area contributed by atoms with E-state index in [-0.39, 0.29) is 5.91 Å². The number of hydrogen-bond acceptors (Lipinski definition) is 4. The number of aryl methyl sites for hydroxylation is 1. The Morgan fingerprint density at radius 2 is 1.89 bits per heavy atom. The summed E-state index contributed by atoms with van der Waals surface area (Å²) in [5.74, 6) is -2.69. The van der Waals surface area contributed by atoms with Gasteiger partial charge < -0.3 is 19.6 Å². The summed E-state index contributed by atoms with van der Waals surface area (Å²) in [6.07, 6.45) is 1.98. The molecule has 2 aromatic rings. The minimum Gasteiger partial charge on any atom is -0.475 e. The predicted octanol–water partition coefficient (Wildman–Crippen LogP) is 1.32. The van der Waals surface area contributed by atoms with Crippen molar-refractivity contribution in [1.29, 1.82) is 0 Å². The Morgan fingerprint density at radius 1 is 1.25 bits per heavy atom. The Kier molecular flexibility index (Phi) is 7.21. The zero-order valence-corrected chi connectivity index (χ0v) is 15.3. The number of hydrogen-bond donors (Lipinski definition) is 2. The summed E-state index contributed by atoms with van der Waals surface area (Å²) >= 11 is 0. The third-order valence-electron chi connectivity index (χ3n) is 4.17. The summed E-state index contributed by atoms with van der Waals surface area (Å²) in [5, 5.41) is 9.82. The molecule has 2 aromatic heterocycles. The average molecular weight is 401 g/mol. The van der Waals surface area contributed by atoms with Gasteiger partial charge in [-0.25, -0.2) is 9.78 Å². The van der Waals surface area contributed by atoms with E-state index < -0.39 is 12.1 Å². The molecule has 28 heavy (non-hydrogen) atoms. The molecule has 0 unspecified atom stereocenters. The average Bonchev–Trinajstić information content (AvgIpc) is 3.21. The molecule has 0 bridgehead atoms. The molecule has 0 fully saturated rings. The van der Waals surface area contributed by atoms with Gasteiger partial charge in [0.15, 0.2) is 0 Å². The Hall–Kier alpha value is -2.82. The van der Waals surface area contributed by atoms with Crippen LogP contribution in [-0.4, -0.2) is 62.3 Å². The molecular formula is C17H22F3N5O3. The van der Waals surface area contributed by atoms with Gasteiger partial charge in [-0.3, -0.25) is 9.69 Å². The number of aliphatic carboxylic acids is 1. The summed E-state index contributed by atoms with van der Waals surface area (Å²) in [4.78, 5) is 27.3. The number of carbonyl (C=O) groups excluding carboxylic acids is 1. The van der Waals surface area contributed by atoms with Gasteiger partial charge in [0.05, 0.1) is 30.8 Å². The number of carboxylic acid groups (broad SMARTS) is 1. The molecule has 1 aliphatic heterocycles. The highest BCUT2D eigenvalue weighted by Crippen LogP contribution is 2.17. The van der Waals surface area contributed by atoms with Crippen molar-refractivity contribution in [3.05, 3.63) is 42.2 Å². The van der Waals surface area contributed by atoms with Gasteiger partial charge in [-0.15, -0.1) is 0 Å². The summed E-state index contributed by atoms with van der Waals surface area (Å²) in [7, 11) is 1.68. The highest BCUT2D eigenvalue weighted by atomic mass is 19.4. The number of nitrogens with zero attached hydrogens (tertiary/aromatic N) is 4. The van der Waals surface area contributed by atoms with Gasteiger partial charge in [0.2, 0.25) is 5.91 Å². The number of fused-ring (bicyclic) bond motifs is 1. The summed E-state index contributed by atoms with van der Waals surface area (Å²) < 4.78 is 36.1. The van der Waals surface area contributed by atoms with E-state index in [4.69, 9.17) is 9.90 Å². The normalized spacial score (nSPS) is 14.4. The fourth-order valence-corrected chi connectivity index (χ4v) is 2.78. The van der Waals surface area contributed by atoms with Crippen LogP contribution in [-0.2, 0) is 29.2 Å². The zero-order valence-electron chi connectivity index (χ0n) is 15.3. The van der Waals surface area contributed by atoms with Crippen LogP contribution in [0.3, 0.4) is 0 Å². The second kappa shape index (κ2) is 9.40. The first-order valence-corrected chi connectivity index (χ1v) is 8.57. The Balaban J connectivity index is 0.000000345. The second-order valence-corrected chi connectivity index (χ2v) is 6.23. The van der Waals surface area contributed by atoms with E-state index in [0.29, 0.717) is 6.54 Å². The van der Waals surface area contributed by atoms with Crippen LogP contribution in [0.4, 0.5) is 13.2 Å². The number of likely N-dealkylation sites (N-methyl/N-ethyl adjacent to an activating group) is 1. The monoisotopic (exact) mass is 401 g/mol. The van der Waals surface area contributed by atoms with Crippen molar-refractivity contribution in [2.45, 2.75) is 32.2 Å². The lowest BCUT2D eigenvalue weighted by molar-refractivity contribution is -0.192. The standard InChI is InChI=1S/C15H21N5O.C2HF3O2/c1-16-15(21)11-19-7-4-8-20-12-17-13(14(20)10-19)9-18-5-2-3-6-18;3-2(4,5)1(6)7/h2-3,5-6,12H,4,7-11H2,1H3,(H,16,21);(H,6,7). The van der Waals surface area contributed by atoms with Crippen LogP contribution >= 0.6 is 0 Å². The van der Waals surface area contributed by atoms with Crippen LogP contribution in [0.5, 0.6) is 0 Å². The molecule has 8 nitrogen and oxygen atoms in total. The van der Waals surface area contributed by atoms with Crippen LogP contribution in [0.2, 0.25) is 0 Å². The number of nitrogens with one attached hydrogen (secondary N) is 1. The van der Waals surface area contributed by atoms with E-state index in [0.717, 1.165) is 38.3 Å². The van der Waals surface area contributed by atoms with Gasteiger partial charge in [-0.2, -0.15) is 13.2 Å². The molecular weight excluding hydrogens is 379 g/mol. The molecule has 0 saturated carbocycles. The number of rotatable bonds is 4. The molecule has 3 heterocycles. The van der Waals surface area contributed by atoms with Gasteiger partial charge >= 0.3 is 12.1 Å². The molecule has 2 N–H and O–H groups in total. The van der Waals surface area contributed by atoms with Crippen molar-refractivity contribution in [2.24, 2.45) is 0 Å². The SMILES string of the molecule is CNC(=O)CN1CCCn2cnc(Cn3cccc3)c2C1.O=C(O)C(F)(F)F. The lowest BCUT2D eigenvalue weighted by atomic mass is 10.3. The first-order chi connectivity index (χ1) is 13.2. The highest BCUT2D eigenvalue weighted by molar-refractivity contribution is 5.77. The molecule has 11 heteroatoms. The number of aromatic nitrogens is 3. The minimum absolute atomic E-state index is 0.0647. The number of carbonyl (C=O) groups is 2. The number of carboxylic acids is 1. The summed E-state index contributed by atoms with van der Waals surface area (Å²) in [6.45, 7) is 3.92. The first-order valence-electron chi connectivity index (χ1n) is 8.57. The van der Waals surface area contributed by atoms with Crippen molar-refractivity contribution in [3.63, 3.8) is 0 Å². The molecule has 1 amide bonds. The molecule has 0 saturated heterocycles. The predicted molar refractivity (Wildman–Crippen MR) is 93.4 cm³/mol. The minimum atomic E-state index is -5.08. The van der Waals surface area contributed by atoms with Crippen molar-refractivity contribution >= 4 is 11.9 Å². The van der Waals surface area contributed by atoms with Crippen molar-refractivity contribution in [3.8, 4) is 0 Å². The van der Waals surface area contributed by atoms with E-state index in [1.54, 1.807) is 7.05 Å². The number of halogens is 3. The summed E-state index contributed by atoms with van der Waals surface area (Å²) in [6, 6.07) is 4.04. The van der Waals surface area contributed by atoms with Gasteiger partial charge in [0.25, 0.3) is 0 Å². The Bertz CT molecular complexity index is 787. The maximum atomic E-state index is 11.6. The van der Waals surface area contributed by atoms with Crippen LogP contribution in [0.1, 0.15) is 17.8 Å². The number of alkyl halides is 3. The van der Waals surface area contributed by atoms with E-state index in [9.17, 15) is 18.0 Å². The Morgan fingerprint density at radius 3 is 2.46 bits per heavy atom. The second-order valence-electron chi connectivity index (χ2n) is 6.23. The maximum Gasteiger partial charge on any atom is 0.490 e. The van der Waals surface area contributed by atoms with Crippen LogP contribution in [0.25, 0.3) is 0 Å². The zero-order chi connectivity index (χ0) is 20.7. The topological polar surface area (TPSA) is 92.4 Å². The van der Waals surface area contributed by atoms with E-state index in [1.807, 2.05) is 30.9 Å². The maximum absolute atomic E-state index is 11.6. The van der Waals surface area contributed by atoms with Crippen LogP contribution < -0.4 is 5.32 Å². The molecule has 0 radical (unpaired) electrons. The molecule has 0 aliphatic carbocycles. The van der Waals surface area contributed by atoms with Crippen LogP contribution in [0, 0.1) is 0 Å². The number of amides is 1. The van der Waals surface area contributed by atoms with E-state index in [2.05, 4.69) is 24.3 Å². The smallest absolute Gasteiger partial charge is 0.475 e. The Labute approximate surface area is 159 Å². The van der Waals surface area contributed by atoms with E-state index >= 15 is 0 Å². The van der Waals surface area contributed by atoms with Gasteiger partial charge in [0.1, 0.15) is 0 Å². The highest BCUT2D eigenvalue weighted by Gasteiger charge is 2.38. The largest absolute Gasteiger partial charge is 0.490 e. The lowest BCUT2D eigenvalue weighted by Crippen LogP contribution is -2.35. The number of imidazole rings is 1. The van der Waals surface area contributed by atoms with Crippen molar-refractivity contribution in [2.75, 3.05) is 20.1 Å². The van der Waals surface area contributed by atoms with Gasteiger partial charge in [-0.05, 0) is 18.6 Å². The molecule has 154 valence electrons. The summed E-state index contributed by atoms with van der Waals surface area (Å²) in [5.41, 5.74) is 2.32.